The summed E-state index contributed by atoms with van der Waals surface area (Å²) in [4.78, 5) is 20.1. The molecule has 8 nitrogen and oxygen atoms in total. The van der Waals surface area contributed by atoms with Crippen molar-refractivity contribution in [1.82, 2.24) is 0 Å². The number of carbonyl (C=O) groups is 2. The molecule has 0 fully saturated rings. The van der Waals surface area contributed by atoms with Crippen molar-refractivity contribution in [2.75, 3.05) is 26.4 Å². The van der Waals surface area contributed by atoms with Gasteiger partial charge in [-0.05, 0) is 13.8 Å². The van der Waals surface area contributed by atoms with E-state index < -0.39 is 49.2 Å². The zero-order chi connectivity index (χ0) is 15.0. The molecule has 0 aliphatic heterocycles. The zero-order valence-corrected chi connectivity index (χ0v) is 14.4. The molecular weight excluding hydrogens is 336 g/mol. The first-order chi connectivity index (χ1) is 8.13. The molecule has 0 saturated heterocycles. The number of hydrogen-bond acceptors (Lipinski definition) is 8. The van der Waals surface area contributed by atoms with Crippen LogP contribution in [-0.4, -0.2) is 104 Å². The van der Waals surface area contributed by atoms with Crippen molar-refractivity contribution in [2.24, 2.45) is 10.8 Å². The molecule has 0 amide bonds. The number of carbonyl (C=O) groups excluding carboxylic acids is 2. The number of carboxylic acid groups (broad SMARTS) is 2. The van der Waals surface area contributed by atoms with Crippen LogP contribution in [-0.2, 0) is 9.59 Å². The van der Waals surface area contributed by atoms with Crippen molar-refractivity contribution >= 4 is 57.4 Å². The van der Waals surface area contributed by atoms with Gasteiger partial charge < -0.3 is 40.2 Å². The molecule has 19 heavy (non-hydrogen) atoms. The molecule has 0 spiro atoms. The fraction of sp³-hybridized carbons (Fsp3) is 0.800. The van der Waals surface area contributed by atoms with E-state index in [2.05, 4.69) is 0 Å². The van der Waals surface area contributed by atoms with Gasteiger partial charge >= 0.3 is 45.5 Å². The molecule has 0 radical (unpaired) electrons. The molecule has 4 N–H and O–H groups in total. The smallest absolute Gasteiger partial charge is 0.549 e. The van der Waals surface area contributed by atoms with Crippen molar-refractivity contribution in [3.8, 4) is 0 Å². The molecule has 0 bridgehead atoms. The third-order valence-corrected chi connectivity index (χ3v) is 2.38. The van der Waals surface area contributed by atoms with Gasteiger partial charge in [-0.15, -0.1) is 0 Å². The average Bonchev–Trinajstić information content (AvgIpc) is 2.36. The monoisotopic (exact) mass is 354 g/mol. The summed E-state index contributed by atoms with van der Waals surface area (Å²) in [5.41, 5.74) is -3.00. The van der Waals surface area contributed by atoms with Crippen molar-refractivity contribution in [3.63, 3.8) is 0 Å². The Morgan fingerprint density at radius 3 is 0.947 bits per heavy atom. The minimum Gasteiger partial charge on any atom is -0.549 e. The molecule has 0 heterocycles. The van der Waals surface area contributed by atoms with Gasteiger partial charge in [0.1, 0.15) is 0 Å². The van der Waals surface area contributed by atoms with E-state index in [4.69, 9.17) is 20.4 Å². The van der Waals surface area contributed by atoms with Crippen molar-refractivity contribution < 1.29 is 40.2 Å². The third kappa shape index (κ3) is 8.20. The average molecular weight is 354 g/mol. The molecule has 0 saturated carbocycles. The molecule has 0 aliphatic carbocycles. The third-order valence-electron chi connectivity index (χ3n) is 2.38. The number of aliphatic carboxylic acids is 2. The van der Waals surface area contributed by atoms with Crippen molar-refractivity contribution in [2.45, 2.75) is 13.8 Å². The van der Waals surface area contributed by atoms with Crippen LogP contribution in [0.4, 0.5) is 0 Å². The molecule has 0 aromatic rings. The van der Waals surface area contributed by atoms with Gasteiger partial charge in [0, 0.05) is 0 Å². The Bertz CT molecular complexity index is 245. The Hall–Kier alpha value is 0.261. The number of carboxylic acids is 2. The van der Waals surface area contributed by atoms with Crippen LogP contribution in [0.25, 0.3) is 0 Å². The summed E-state index contributed by atoms with van der Waals surface area (Å²) in [7, 11) is 0. The van der Waals surface area contributed by atoms with E-state index in [0.29, 0.717) is 0 Å². The largest absolute Gasteiger partial charge is 2.00 e. The first-order valence-electron chi connectivity index (χ1n) is 5.00. The van der Waals surface area contributed by atoms with Crippen molar-refractivity contribution in [1.29, 1.82) is 0 Å². The number of aliphatic hydroxyl groups excluding tert-OH is 4. The Morgan fingerprint density at radius 2 is 0.947 bits per heavy atom. The van der Waals surface area contributed by atoms with Crippen LogP contribution < -0.4 is 10.2 Å². The van der Waals surface area contributed by atoms with Crippen LogP contribution in [0.15, 0.2) is 0 Å². The van der Waals surface area contributed by atoms with Gasteiger partial charge in [0.05, 0.1) is 49.2 Å². The number of hydrogen-bond donors (Lipinski definition) is 4. The molecule has 0 rings (SSSR count). The van der Waals surface area contributed by atoms with E-state index in [1.165, 1.54) is 13.8 Å². The SMILES string of the molecule is CC(CO)(CO)C(=O)[O-].CC(CO)(CO)C(=O)[O-].[Sr+2]. The van der Waals surface area contributed by atoms with Gasteiger partial charge in [-0.25, -0.2) is 0 Å². The van der Waals surface area contributed by atoms with Gasteiger partial charge in [0.2, 0.25) is 0 Å². The summed E-state index contributed by atoms with van der Waals surface area (Å²) in [6.07, 6.45) is 0. The Kier molecular flexibility index (Phi) is 14.0. The zero-order valence-electron chi connectivity index (χ0n) is 11.0. The van der Waals surface area contributed by atoms with Gasteiger partial charge in [-0.1, -0.05) is 0 Å². The minimum atomic E-state index is -1.50. The fourth-order valence-electron chi connectivity index (χ4n) is 0.358. The van der Waals surface area contributed by atoms with Crippen LogP contribution in [0, 0.1) is 10.8 Å². The Labute approximate surface area is 148 Å². The summed E-state index contributed by atoms with van der Waals surface area (Å²) in [5.74, 6) is -2.87. The van der Waals surface area contributed by atoms with E-state index in [0.717, 1.165) is 0 Å². The molecule has 0 aromatic carbocycles. The second kappa shape index (κ2) is 11.0. The first kappa shape index (κ1) is 24.3. The summed E-state index contributed by atoms with van der Waals surface area (Å²) in [6, 6.07) is 0. The first-order valence-corrected chi connectivity index (χ1v) is 5.00. The maximum absolute atomic E-state index is 10.1. The van der Waals surface area contributed by atoms with Gasteiger partial charge in [0.15, 0.2) is 0 Å². The maximum Gasteiger partial charge on any atom is 2.00 e. The number of rotatable bonds is 6. The van der Waals surface area contributed by atoms with Crippen LogP contribution in [0.3, 0.4) is 0 Å². The summed E-state index contributed by atoms with van der Waals surface area (Å²) in [5, 5.41) is 53.6. The fourth-order valence-corrected chi connectivity index (χ4v) is 0.358. The van der Waals surface area contributed by atoms with E-state index >= 15 is 0 Å². The summed E-state index contributed by atoms with van der Waals surface area (Å²) < 4.78 is 0. The van der Waals surface area contributed by atoms with Gasteiger partial charge in [0.25, 0.3) is 0 Å². The molecule has 0 atom stereocenters. The summed E-state index contributed by atoms with van der Waals surface area (Å²) >= 11 is 0. The van der Waals surface area contributed by atoms with E-state index in [-0.39, 0.29) is 45.5 Å². The second-order valence-electron chi connectivity index (χ2n) is 4.33. The molecule has 108 valence electrons. The van der Waals surface area contributed by atoms with Crippen LogP contribution in [0.2, 0.25) is 0 Å². The van der Waals surface area contributed by atoms with Crippen LogP contribution in [0.5, 0.6) is 0 Å². The van der Waals surface area contributed by atoms with E-state index in [1.807, 2.05) is 0 Å². The molecule has 9 heteroatoms. The molecule has 0 aliphatic rings. The maximum atomic E-state index is 10.1. The second-order valence-corrected chi connectivity index (χ2v) is 4.33. The van der Waals surface area contributed by atoms with Crippen LogP contribution >= 0.6 is 0 Å². The quantitative estimate of drug-likeness (QED) is 0.345. The molecule has 0 aromatic heterocycles. The Balaban J connectivity index is -0.000000256. The van der Waals surface area contributed by atoms with Crippen LogP contribution in [0.1, 0.15) is 13.8 Å². The van der Waals surface area contributed by atoms with E-state index in [9.17, 15) is 19.8 Å². The van der Waals surface area contributed by atoms with Crippen molar-refractivity contribution in [3.05, 3.63) is 0 Å². The predicted molar refractivity (Wildman–Crippen MR) is 60.3 cm³/mol. The number of aliphatic hydroxyl groups is 4. The van der Waals surface area contributed by atoms with E-state index in [1.54, 1.807) is 0 Å². The molecular formula is C10H18O8Sr. The van der Waals surface area contributed by atoms with Gasteiger partial charge in [-0.2, -0.15) is 0 Å². The molecule has 0 unspecified atom stereocenters. The minimum absolute atomic E-state index is 0. The predicted octanol–water partition coefficient (Wildman–Crippen LogP) is -4.93. The topological polar surface area (TPSA) is 161 Å². The normalized spacial score (nSPS) is 10.8. The van der Waals surface area contributed by atoms with Gasteiger partial charge in [-0.3, -0.25) is 0 Å². The summed E-state index contributed by atoms with van der Waals surface area (Å²) in [6.45, 7) is -0.00000000000000133. The standard InChI is InChI=1S/2C5H10O4.Sr/c2*1-5(2-6,3-7)4(8)9;/h2*6-7H,2-3H2,1H3,(H,8,9);/q;;+2/p-2. The Morgan fingerprint density at radius 1 is 0.789 bits per heavy atom.